The number of carboxylic acids is 1. The number of carboxylic acid groups (broad SMARTS) is 1. The minimum absolute atomic E-state index is 0.0173. The van der Waals surface area contributed by atoms with Crippen molar-refractivity contribution in [2.24, 2.45) is 11.1 Å². The molecule has 0 radical (unpaired) electrons. The quantitative estimate of drug-likeness (QED) is 0.678. The Balaban J connectivity index is 0.00000132. The van der Waals surface area contributed by atoms with Gasteiger partial charge in [0, 0.05) is 12.1 Å². The van der Waals surface area contributed by atoms with E-state index >= 15 is 0 Å². The molecule has 0 aliphatic heterocycles. The molecule has 29 heavy (non-hydrogen) atoms. The van der Waals surface area contributed by atoms with Gasteiger partial charge in [-0.15, -0.1) is 0 Å². The number of aromatic carboxylic acids is 1. The number of hydrogen-bond acceptors (Lipinski definition) is 3. The van der Waals surface area contributed by atoms with Crippen LogP contribution in [0.1, 0.15) is 52.6 Å². The van der Waals surface area contributed by atoms with Crippen LogP contribution < -0.4 is 11.1 Å². The molecule has 0 aliphatic rings. The fraction of sp³-hybridized carbons (Fsp3) is 0.318. The highest BCUT2D eigenvalue weighted by Gasteiger charge is 2.17. The molecular weight excluding hydrogens is 375 g/mol. The summed E-state index contributed by atoms with van der Waals surface area (Å²) in [4.78, 5) is 32.1. The van der Waals surface area contributed by atoms with Crippen molar-refractivity contribution in [1.29, 1.82) is 0 Å². The molecule has 0 heterocycles. The van der Waals surface area contributed by atoms with Crippen LogP contribution in [0.3, 0.4) is 0 Å². The number of amides is 2. The SMILES string of the molecule is Cc1cc(C(=O)NCC(C)(C)C)ccc1-c1cc(C(=O)O)cc(F)c1C.NC=O. The highest BCUT2D eigenvalue weighted by atomic mass is 19.1. The van der Waals surface area contributed by atoms with Gasteiger partial charge in [0.25, 0.3) is 5.91 Å². The van der Waals surface area contributed by atoms with Crippen molar-refractivity contribution >= 4 is 18.3 Å². The molecular formula is C22H27FN2O4. The van der Waals surface area contributed by atoms with E-state index in [-0.39, 0.29) is 23.3 Å². The van der Waals surface area contributed by atoms with E-state index in [1.807, 2.05) is 27.7 Å². The maximum atomic E-state index is 14.1. The minimum atomic E-state index is -1.18. The van der Waals surface area contributed by atoms with Crippen LogP contribution in [-0.2, 0) is 4.79 Å². The first-order valence-electron chi connectivity index (χ1n) is 8.99. The third-order valence-corrected chi connectivity index (χ3v) is 4.15. The predicted octanol–water partition coefficient (Wildman–Crippen LogP) is 3.69. The largest absolute Gasteiger partial charge is 0.478 e. The zero-order chi connectivity index (χ0) is 22.4. The van der Waals surface area contributed by atoms with E-state index in [9.17, 15) is 14.0 Å². The second-order valence-electron chi connectivity index (χ2n) is 7.84. The lowest BCUT2D eigenvalue weighted by Gasteiger charge is -2.19. The van der Waals surface area contributed by atoms with Crippen molar-refractivity contribution in [1.82, 2.24) is 5.32 Å². The van der Waals surface area contributed by atoms with Gasteiger partial charge in [-0.25, -0.2) is 9.18 Å². The van der Waals surface area contributed by atoms with Gasteiger partial charge in [0.15, 0.2) is 0 Å². The van der Waals surface area contributed by atoms with Gasteiger partial charge in [-0.05, 0) is 65.8 Å². The van der Waals surface area contributed by atoms with Crippen LogP contribution in [0.2, 0.25) is 0 Å². The molecule has 0 saturated carbocycles. The summed E-state index contributed by atoms with van der Waals surface area (Å²) in [6.07, 6.45) is 0.250. The zero-order valence-electron chi connectivity index (χ0n) is 17.3. The lowest BCUT2D eigenvalue weighted by Crippen LogP contribution is -2.32. The molecule has 0 bridgehead atoms. The molecule has 0 atom stereocenters. The number of nitrogens with one attached hydrogen (secondary N) is 1. The number of aryl methyl sites for hydroxylation is 1. The molecule has 2 amide bonds. The molecule has 6 nitrogen and oxygen atoms in total. The van der Waals surface area contributed by atoms with Gasteiger partial charge in [0.2, 0.25) is 6.41 Å². The van der Waals surface area contributed by atoms with Crippen molar-refractivity contribution in [2.45, 2.75) is 34.6 Å². The average Bonchev–Trinajstić information content (AvgIpc) is 2.62. The first-order valence-corrected chi connectivity index (χ1v) is 8.99. The monoisotopic (exact) mass is 402 g/mol. The smallest absolute Gasteiger partial charge is 0.335 e. The average molecular weight is 402 g/mol. The Morgan fingerprint density at radius 3 is 2.17 bits per heavy atom. The van der Waals surface area contributed by atoms with Gasteiger partial charge in [-0.2, -0.15) is 0 Å². The van der Waals surface area contributed by atoms with Crippen LogP contribution in [0.15, 0.2) is 30.3 Å². The number of primary amides is 1. The summed E-state index contributed by atoms with van der Waals surface area (Å²) >= 11 is 0. The van der Waals surface area contributed by atoms with E-state index in [4.69, 9.17) is 9.90 Å². The summed E-state index contributed by atoms with van der Waals surface area (Å²) in [6.45, 7) is 10.1. The molecule has 2 rings (SSSR count). The van der Waals surface area contributed by atoms with E-state index in [0.717, 1.165) is 11.6 Å². The van der Waals surface area contributed by atoms with Gasteiger partial charge in [-0.1, -0.05) is 26.8 Å². The summed E-state index contributed by atoms with van der Waals surface area (Å²) < 4.78 is 14.1. The fourth-order valence-corrected chi connectivity index (χ4v) is 2.64. The van der Waals surface area contributed by atoms with Crippen LogP contribution >= 0.6 is 0 Å². The second kappa shape index (κ2) is 9.82. The second-order valence-corrected chi connectivity index (χ2v) is 7.84. The van der Waals surface area contributed by atoms with Crippen molar-refractivity contribution in [2.75, 3.05) is 6.54 Å². The molecule has 0 saturated heterocycles. The minimum Gasteiger partial charge on any atom is -0.478 e. The third kappa shape index (κ3) is 6.71. The maximum absolute atomic E-state index is 14.1. The molecule has 156 valence electrons. The topological polar surface area (TPSA) is 109 Å². The summed E-state index contributed by atoms with van der Waals surface area (Å²) in [5, 5.41) is 12.1. The molecule has 0 aromatic heterocycles. The van der Waals surface area contributed by atoms with Gasteiger partial charge in [-0.3, -0.25) is 9.59 Å². The number of carbonyl (C=O) groups is 3. The summed E-state index contributed by atoms with van der Waals surface area (Å²) in [7, 11) is 0. The van der Waals surface area contributed by atoms with Gasteiger partial charge < -0.3 is 16.2 Å². The van der Waals surface area contributed by atoms with E-state index in [2.05, 4.69) is 11.1 Å². The Kier molecular flexibility index (Phi) is 8.06. The van der Waals surface area contributed by atoms with Crippen molar-refractivity contribution < 1.29 is 23.9 Å². The van der Waals surface area contributed by atoms with E-state index in [0.29, 0.717) is 28.8 Å². The summed E-state index contributed by atoms with van der Waals surface area (Å²) in [6, 6.07) is 7.62. The summed E-state index contributed by atoms with van der Waals surface area (Å²) in [5.41, 5.74) is 6.94. The normalized spacial score (nSPS) is 10.6. The van der Waals surface area contributed by atoms with Crippen LogP contribution in [0.4, 0.5) is 4.39 Å². The molecule has 0 fully saturated rings. The number of rotatable bonds is 4. The molecule has 4 N–H and O–H groups in total. The van der Waals surface area contributed by atoms with Crippen LogP contribution in [-0.4, -0.2) is 29.9 Å². The Morgan fingerprint density at radius 1 is 1.10 bits per heavy atom. The molecule has 0 unspecified atom stereocenters. The van der Waals surface area contributed by atoms with Crippen LogP contribution in [0, 0.1) is 25.1 Å². The standard InChI is InChI=1S/C21H24FNO3.CH3NO/c1-12-8-14(19(24)23-11-21(3,4)5)6-7-16(12)17-9-15(20(25)26)10-18(22)13(17)2;2-1-3/h6-10H,11H2,1-5H3,(H,23,24)(H,25,26);1H,(H2,2,3). The lowest BCUT2D eigenvalue weighted by molar-refractivity contribution is -0.106. The van der Waals surface area contributed by atoms with E-state index in [1.165, 1.54) is 6.07 Å². The predicted molar refractivity (Wildman–Crippen MR) is 110 cm³/mol. The van der Waals surface area contributed by atoms with E-state index in [1.54, 1.807) is 25.1 Å². The molecule has 7 heteroatoms. The fourth-order valence-electron chi connectivity index (χ4n) is 2.64. The number of benzene rings is 2. The van der Waals surface area contributed by atoms with Gasteiger partial charge in [0.05, 0.1) is 5.56 Å². The summed E-state index contributed by atoms with van der Waals surface area (Å²) in [5.74, 6) is -1.91. The van der Waals surface area contributed by atoms with Crippen LogP contribution in [0.5, 0.6) is 0 Å². The van der Waals surface area contributed by atoms with Crippen LogP contribution in [0.25, 0.3) is 11.1 Å². The highest BCUT2D eigenvalue weighted by Crippen LogP contribution is 2.30. The molecule has 0 aliphatic carbocycles. The van der Waals surface area contributed by atoms with Crippen molar-refractivity contribution in [3.05, 3.63) is 58.4 Å². The number of halogens is 1. The molecule has 2 aromatic rings. The van der Waals surface area contributed by atoms with Crippen molar-refractivity contribution in [3.63, 3.8) is 0 Å². The van der Waals surface area contributed by atoms with Gasteiger partial charge >= 0.3 is 5.97 Å². The first-order chi connectivity index (χ1) is 13.4. The Labute approximate surface area is 169 Å². The Morgan fingerprint density at radius 2 is 1.69 bits per heavy atom. The molecule has 2 aromatic carbocycles. The number of hydrogen-bond donors (Lipinski definition) is 3. The third-order valence-electron chi connectivity index (χ3n) is 4.15. The molecule has 0 spiro atoms. The zero-order valence-corrected chi connectivity index (χ0v) is 17.3. The Bertz CT molecular complexity index is 918. The number of nitrogens with two attached hydrogens (primary N) is 1. The number of carbonyl (C=O) groups excluding carboxylic acids is 2. The lowest BCUT2D eigenvalue weighted by atomic mass is 9.93. The first kappa shape index (κ1) is 23.8. The Hall–Kier alpha value is -3.22. The van der Waals surface area contributed by atoms with Gasteiger partial charge in [0.1, 0.15) is 5.82 Å². The highest BCUT2D eigenvalue weighted by molar-refractivity contribution is 5.95. The van der Waals surface area contributed by atoms with E-state index < -0.39 is 11.8 Å². The maximum Gasteiger partial charge on any atom is 0.335 e. The van der Waals surface area contributed by atoms with Crippen molar-refractivity contribution in [3.8, 4) is 11.1 Å².